The van der Waals surface area contributed by atoms with Gasteiger partial charge in [-0.05, 0) is 112 Å². The van der Waals surface area contributed by atoms with E-state index in [9.17, 15) is 13.6 Å². The van der Waals surface area contributed by atoms with E-state index in [1.807, 2.05) is 0 Å². The monoisotopic (exact) mass is 476 g/mol. The first-order valence-electron chi connectivity index (χ1n) is 13.8. The Morgan fingerprint density at radius 2 is 1.41 bits per heavy atom. The van der Waals surface area contributed by atoms with Crippen LogP contribution in [0.4, 0.5) is 8.78 Å². The first-order valence-corrected chi connectivity index (χ1v) is 13.8. The van der Waals surface area contributed by atoms with Crippen LogP contribution in [0.5, 0.6) is 11.5 Å². The number of esters is 1. The van der Waals surface area contributed by atoms with Gasteiger partial charge in [0.1, 0.15) is 11.5 Å². The molecule has 0 N–H and O–H groups in total. The zero-order chi connectivity index (χ0) is 23.9. The molecule has 3 aliphatic rings. The Morgan fingerprint density at radius 1 is 0.824 bits per heavy atom. The summed E-state index contributed by atoms with van der Waals surface area (Å²) in [5.74, 6) is 4.72. The lowest BCUT2D eigenvalue weighted by atomic mass is 9.60. The smallest absolute Gasteiger partial charge is 0.387 e. The van der Waals surface area contributed by atoms with Gasteiger partial charge < -0.3 is 9.47 Å². The Bertz CT molecular complexity index is 757. The molecule has 0 radical (unpaired) electrons. The van der Waals surface area contributed by atoms with E-state index in [4.69, 9.17) is 4.74 Å². The number of carbonyl (C=O) groups is 1. The highest BCUT2D eigenvalue weighted by molar-refractivity contribution is 5.75. The van der Waals surface area contributed by atoms with Crippen molar-refractivity contribution in [3.8, 4) is 11.5 Å². The summed E-state index contributed by atoms with van der Waals surface area (Å²) in [7, 11) is 0. The SMILES string of the molecule is CCCCCC1CCC2CC(C3CCC(C(=O)Oc4ccc(OC(F)F)cc4)CC3)CCC2C1. The van der Waals surface area contributed by atoms with Gasteiger partial charge in [-0.1, -0.05) is 39.0 Å². The quantitative estimate of drug-likeness (QED) is 0.204. The van der Waals surface area contributed by atoms with Gasteiger partial charge in [0.2, 0.25) is 0 Å². The number of hydrogen-bond acceptors (Lipinski definition) is 3. The maximum absolute atomic E-state index is 12.7. The molecular formula is C29H42F2O3. The minimum absolute atomic E-state index is 0.0526. The number of alkyl halides is 2. The summed E-state index contributed by atoms with van der Waals surface area (Å²) in [6.45, 7) is -0.562. The molecule has 0 spiro atoms. The molecule has 1 aromatic rings. The first-order chi connectivity index (χ1) is 16.5. The zero-order valence-corrected chi connectivity index (χ0v) is 20.7. The van der Waals surface area contributed by atoms with Gasteiger partial charge in [-0.2, -0.15) is 8.78 Å². The fraction of sp³-hybridized carbons (Fsp3) is 0.759. The van der Waals surface area contributed by atoms with Gasteiger partial charge >= 0.3 is 12.6 Å². The van der Waals surface area contributed by atoms with Crippen LogP contribution in [-0.2, 0) is 4.79 Å². The van der Waals surface area contributed by atoms with Crippen molar-refractivity contribution in [1.29, 1.82) is 0 Å². The number of unbranched alkanes of at least 4 members (excludes halogenated alkanes) is 2. The fourth-order valence-electron chi connectivity index (χ4n) is 7.11. The van der Waals surface area contributed by atoms with Crippen LogP contribution in [0.15, 0.2) is 24.3 Å². The van der Waals surface area contributed by atoms with E-state index < -0.39 is 6.61 Å². The summed E-state index contributed by atoms with van der Waals surface area (Å²) in [4.78, 5) is 12.7. The number of carbonyl (C=O) groups excluding carboxylic acids is 1. The molecule has 0 aromatic heterocycles. The first kappa shape index (κ1) is 25.4. The molecule has 4 unspecified atom stereocenters. The second kappa shape index (κ2) is 12.4. The summed E-state index contributed by atoms with van der Waals surface area (Å²) < 4.78 is 34.4. The molecule has 3 aliphatic carbocycles. The summed E-state index contributed by atoms with van der Waals surface area (Å²) in [5, 5.41) is 0. The average molecular weight is 477 g/mol. The van der Waals surface area contributed by atoms with Crippen LogP contribution in [0.3, 0.4) is 0 Å². The molecule has 1 aromatic carbocycles. The number of hydrogen-bond donors (Lipinski definition) is 0. The highest BCUT2D eigenvalue weighted by atomic mass is 19.3. The second-order valence-electron chi connectivity index (χ2n) is 11.2. The van der Waals surface area contributed by atoms with Crippen LogP contribution in [0.1, 0.15) is 96.8 Å². The zero-order valence-electron chi connectivity index (χ0n) is 20.7. The minimum atomic E-state index is -2.86. The van der Waals surface area contributed by atoms with Crippen LogP contribution in [0, 0.1) is 35.5 Å². The minimum Gasteiger partial charge on any atom is -0.435 e. The molecule has 190 valence electrons. The molecule has 0 heterocycles. The van der Waals surface area contributed by atoms with Gasteiger partial charge in [0.05, 0.1) is 5.92 Å². The molecule has 34 heavy (non-hydrogen) atoms. The van der Waals surface area contributed by atoms with Crippen LogP contribution >= 0.6 is 0 Å². The molecule has 4 atom stereocenters. The Morgan fingerprint density at radius 3 is 2.09 bits per heavy atom. The third-order valence-corrected chi connectivity index (χ3v) is 9.02. The van der Waals surface area contributed by atoms with Crippen molar-refractivity contribution in [2.75, 3.05) is 0 Å². The maximum Gasteiger partial charge on any atom is 0.387 e. The Labute approximate surface area is 204 Å². The van der Waals surface area contributed by atoms with Crippen molar-refractivity contribution < 1.29 is 23.0 Å². The fourth-order valence-corrected chi connectivity index (χ4v) is 7.11. The van der Waals surface area contributed by atoms with Gasteiger partial charge in [0.25, 0.3) is 0 Å². The number of fused-ring (bicyclic) bond motifs is 1. The van der Waals surface area contributed by atoms with Crippen molar-refractivity contribution >= 4 is 5.97 Å². The third-order valence-electron chi connectivity index (χ3n) is 9.02. The topological polar surface area (TPSA) is 35.5 Å². The molecular weight excluding hydrogens is 434 g/mol. The van der Waals surface area contributed by atoms with E-state index in [1.165, 1.54) is 88.5 Å². The molecule has 0 bridgehead atoms. The molecule has 3 fully saturated rings. The molecule has 0 amide bonds. The molecule has 3 nitrogen and oxygen atoms in total. The maximum atomic E-state index is 12.7. The van der Waals surface area contributed by atoms with E-state index >= 15 is 0 Å². The summed E-state index contributed by atoms with van der Waals surface area (Å²) >= 11 is 0. The number of benzene rings is 1. The predicted molar refractivity (Wildman–Crippen MR) is 130 cm³/mol. The molecule has 3 saturated carbocycles. The lowest BCUT2D eigenvalue weighted by Crippen LogP contribution is -2.35. The van der Waals surface area contributed by atoms with E-state index in [1.54, 1.807) is 0 Å². The van der Waals surface area contributed by atoms with Crippen molar-refractivity contribution in [2.45, 2.75) is 103 Å². The van der Waals surface area contributed by atoms with Crippen LogP contribution in [0.25, 0.3) is 0 Å². The van der Waals surface area contributed by atoms with Gasteiger partial charge in [-0.3, -0.25) is 4.79 Å². The van der Waals surface area contributed by atoms with Crippen molar-refractivity contribution in [3.05, 3.63) is 24.3 Å². The van der Waals surface area contributed by atoms with Crippen molar-refractivity contribution in [1.82, 2.24) is 0 Å². The number of halogens is 2. The lowest BCUT2D eigenvalue weighted by molar-refractivity contribution is -0.140. The van der Waals surface area contributed by atoms with Gasteiger partial charge in [-0.25, -0.2) is 0 Å². The Hall–Kier alpha value is -1.65. The van der Waals surface area contributed by atoms with E-state index in [2.05, 4.69) is 11.7 Å². The number of ether oxygens (including phenoxy) is 2. The van der Waals surface area contributed by atoms with E-state index in [-0.39, 0.29) is 17.6 Å². The van der Waals surface area contributed by atoms with Crippen molar-refractivity contribution in [3.63, 3.8) is 0 Å². The second-order valence-corrected chi connectivity index (χ2v) is 11.2. The van der Waals surface area contributed by atoms with Gasteiger partial charge in [0.15, 0.2) is 0 Å². The molecule has 0 saturated heterocycles. The highest BCUT2D eigenvalue weighted by Gasteiger charge is 2.39. The third kappa shape index (κ3) is 6.95. The lowest BCUT2D eigenvalue weighted by Gasteiger charge is -2.45. The van der Waals surface area contributed by atoms with Crippen LogP contribution in [-0.4, -0.2) is 12.6 Å². The normalized spacial score (nSPS) is 31.6. The van der Waals surface area contributed by atoms with Gasteiger partial charge in [0, 0.05) is 0 Å². The highest BCUT2D eigenvalue weighted by Crippen LogP contribution is 2.49. The van der Waals surface area contributed by atoms with Gasteiger partial charge in [-0.15, -0.1) is 0 Å². The Balaban J connectivity index is 1.18. The summed E-state index contributed by atoms with van der Waals surface area (Å²) in [6, 6.07) is 5.83. The molecule has 5 heteroatoms. The van der Waals surface area contributed by atoms with E-state index in [0.717, 1.165) is 55.3 Å². The number of rotatable bonds is 9. The van der Waals surface area contributed by atoms with Crippen LogP contribution < -0.4 is 9.47 Å². The molecule has 0 aliphatic heterocycles. The molecule has 4 rings (SSSR count). The van der Waals surface area contributed by atoms with Crippen LogP contribution in [0.2, 0.25) is 0 Å². The summed E-state index contributed by atoms with van der Waals surface area (Å²) in [5.41, 5.74) is 0. The Kier molecular flexibility index (Phi) is 9.24. The van der Waals surface area contributed by atoms with E-state index in [0.29, 0.717) is 5.75 Å². The standard InChI is InChI=1S/C29H42F2O3/c1-2-3-4-5-20-6-7-25-19-24(13-12-23(25)18-20)21-8-10-22(11-9-21)28(32)33-26-14-16-27(17-15-26)34-29(30)31/h14-17,20-25,29H,2-13,18-19H2,1H3. The van der Waals surface area contributed by atoms with Crippen molar-refractivity contribution in [2.24, 2.45) is 35.5 Å². The predicted octanol–water partition coefficient (Wildman–Crippen LogP) is 8.41. The largest absolute Gasteiger partial charge is 0.435 e. The summed E-state index contributed by atoms with van der Waals surface area (Å²) in [6.07, 6.45) is 18.3. The average Bonchev–Trinajstić information content (AvgIpc) is 2.85.